The van der Waals surface area contributed by atoms with E-state index in [0.717, 1.165) is 0 Å². The molecule has 1 heterocycles. The van der Waals surface area contributed by atoms with Crippen molar-refractivity contribution in [1.82, 2.24) is 10.2 Å². The van der Waals surface area contributed by atoms with Crippen molar-refractivity contribution in [2.45, 2.75) is 18.5 Å². The van der Waals surface area contributed by atoms with Crippen molar-refractivity contribution in [1.29, 1.82) is 0 Å². The van der Waals surface area contributed by atoms with Crippen molar-refractivity contribution in [3.8, 4) is 0 Å². The van der Waals surface area contributed by atoms with Crippen molar-refractivity contribution < 1.29 is 24.7 Å². The minimum Gasteiger partial charge on any atom is -0.481 e. The van der Waals surface area contributed by atoms with Crippen LogP contribution >= 0.6 is 0 Å². The fourth-order valence-electron chi connectivity index (χ4n) is 3.15. The molecule has 0 spiro atoms. The predicted octanol–water partition coefficient (Wildman–Crippen LogP) is 1.41. The fraction of sp³-hybridized carbons (Fsp3) is 0.200. The molecule has 1 aliphatic heterocycles. The van der Waals surface area contributed by atoms with E-state index >= 15 is 0 Å². The van der Waals surface area contributed by atoms with Crippen LogP contribution in [0.25, 0.3) is 0 Å². The van der Waals surface area contributed by atoms with Crippen molar-refractivity contribution in [3.63, 3.8) is 0 Å². The third kappa shape index (κ3) is 4.01. The van der Waals surface area contributed by atoms with Crippen LogP contribution in [0.15, 0.2) is 65.8 Å². The van der Waals surface area contributed by atoms with Gasteiger partial charge in [0.25, 0.3) is 5.91 Å². The second-order valence-corrected chi connectivity index (χ2v) is 6.36. The number of carboxylic acid groups (broad SMARTS) is 1. The van der Waals surface area contributed by atoms with E-state index in [1.54, 1.807) is 54.6 Å². The number of carbonyl (C=O) groups is 3. The Balaban J connectivity index is 1.68. The number of β-lactam (4-membered cyclic amide) rings is 1. The molecule has 3 N–H and O–H groups in total. The Labute approximate surface area is 161 Å². The molecular formula is C20H19N3O5. The lowest BCUT2D eigenvalue weighted by Crippen LogP contribution is -2.65. The molecule has 2 atom stereocenters. The highest BCUT2D eigenvalue weighted by Gasteiger charge is 2.43. The van der Waals surface area contributed by atoms with Crippen LogP contribution in [0.5, 0.6) is 0 Å². The maximum absolute atomic E-state index is 12.6. The van der Waals surface area contributed by atoms with Crippen LogP contribution in [0.2, 0.25) is 0 Å². The number of oxime groups is 1. The number of nitrogens with one attached hydrogen (secondary N) is 1. The van der Waals surface area contributed by atoms with E-state index in [9.17, 15) is 24.7 Å². The highest BCUT2D eigenvalue weighted by Crippen LogP contribution is 2.29. The summed E-state index contributed by atoms with van der Waals surface area (Å²) in [5, 5.41) is 23.9. The van der Waals surface area contributed by atoms with Gasteiger partial charge in [-0.05, 0) is 5.56 Å². The van der Waals surface area contributed by atoms with Gasteiger partial charge in [0.15, 0.2) is 5.71 Å². The van der Waals surface area contributed by atoms with Gasteiger partial charge in [-0.2, -0.15) is 0 Å². The molecule has 144 valence electrons. The van der Waals surface area contributed by atoms with Crippen LogP contribution in [0.1, 0.15) is 23.6 Å². The minimum atomic E-state index is -1.02. The Kier molecular flexibility index (Phi) is 5.69. The smallest absolute Gasteiger partial charge is 0.305 e. The molecule has 8 nitrogen and oxygen atoms in total. The largest absolute Gasteiger partial charge is 0.481 e. The van der Waals surface area contributed by atoms with Gasteiger partial charge in [0.2, 0.25) is 5.91 Å². The Morgan fingerprint density at radius 1 is 1.11 bits per heavy atom. The molecule has 0 saturated carbocycles. The molecule has 2 amide bonds. The summed E-state index contributed by atoms with van der Waals surface area (Å²) < 4.78 is 0. The van der Waals surface area contributed by atoms with E-state index in [1.807, 2.05) is 6.07 Å². The van der Waals surface area contributed by atoms with E-state index < -0.39 is 24.0 Å². The predicted molar refractivity (Wildman–Crippen MR) is 99.8 cm³/mol. The van der Waals surface area contributed by atoms with E-state index in [-0.39, 0.29) is 24.6 Å². The average Bonchev–Trinajstić information content (AvgIpc) is 2.71. The number of amides is 2. The topological polar surface area (TPSA) is 119 Å². The monoisotopic (exact) mass is 381 g/mol. The number of rotatable bonds is 7. The number of carbonyl (C=O) groups excluding carboxylic acids is 2. The van der Waals surface area contributed by atoms with Gasteiger partial charge in [-0.25, -0.2) is 0 Å². The lowest BCUT2D eigenvalue weighted by atomic mass is 9.95. The van der Waals surface area contributed by atoms with Crippen LogP contribution < -0.4 is 5.32 Å². The normalized spacial score (nSPS) is 17.6. The summed E-state index contributed by atoms with van der Waals surface area (Å²) in [6, 6.07) is 15.8. The SMILES string of the molecule is O=C(O)CC(c1ccccc1)N1CC(NC(=O)C(=NO)c2ccccc2)C1=O. The zero-order chi connectivity index (χ0) is 20.1. The first-order chi connectivity index (χ1) is 13.5. The lowest BCUT2D eigenvalue weighted by molar-refractivity contribution is -0.152. The molecule has 8 heteroatoms. The van der Waals surface area contributed by atoms with Gasteiger partial charge in [-0.1, -0.05) is 65.8 Å². The first kappa shape index (κ1) is 19.1. The molecule has 1 fully saturated rings. The average molecular weight is 381 g/mol. The molecule has 2 unspecified atom stereocenters. The highest BCUT2D eigenvalue weighted by molar-refractivity contribution is 6.45. The molecule has 0 aromatic heterocycles. The molecule has 2 aromatic carbocycles. The standard InChI is InChI=1S/C20H19N3O5/c24-17(25)11-16(13-7-3-1-4-8-13)23-12-15(20(23)27)21-19(26)18(22-28)14-9-5-2-6-10-14/h1-10,15-16,28H,11-12H2,(H,21,26)(H,24,25). The van der Waals surface area contributed by atoms with Gasteiger partial charge < -0.3 is 20.5 Å². The van der Waals surface area contributed by atoms with Gasteiger partial charge in [-0.15, -0.1) is 0 Å². The summed E-state index contributed by atoms with van der Waals surface area (Å²) in [5.41, 5.74) is 0.932. The zero-order valence-corrected chi connectivity index (χ0v) is 14.9. The molecule has 0 bridgehead atoms. The Morgan fingerprint density at radius 3 is 2.25 bits per heavy atom. The Bertz CT molecular complexity index is 899. The number of hydrogen-bond acceptors (Lipinski definition) is 5. The van der Waals surface area contributed by atoms with Crippen LogP contribution in [0.4, 0.5) is 0 Å². The summed E-state index contributed by atoms with van der Waals surface area (Å²) in [5.74, 6) is -2.08. The van der Waals surface area contributed by atoms with Crippen molar-refractivity contribution >= 4 is 23.5 Å². The molecular weight excluding hydrogens is 362 g/mol. The van der Waals surface area contributed by atoms with Gasteiger partial charge in [0.05, 0.1) is 19.0 Å². The van der Waals surface area contributed by atoms with Crippen LogP contribution in [-0.2, 0) is 14.4 Å². The lowest BCUT2D eigenvalue weighted by Gasteiger charge is -2.43. The number of nitrogens with zero attached hydrogens (tertiary/aromatic N) is 2. The summed E-state index contributed by atoms with van der Waals surface area (Å²) >= 11 is 0. The van der Waals surface area contributed by atoms with Gasteiger partial charge in [0.1, 0.15) is 6.04 Å². The van der Waals surface area contributed by atoms with Crippen LogP contribution in [-0.4, -0.2) is 51.3 Å². The maximum Gasteiger partial charge on any atom is 0.305 e. The van der Waals surface area contributed by atoms with Gasteiger partial charge >= 0.3 is 5.97 Å². The second-order valence-electron chi connectivity index (χ2n) is 6.36. The summed E-state index contributed by atoms with van der Waals surface area (Å²) in [4.78, 5) is 37.6. The summed E-state index contributed by atoms with van der Waals surface area (Å²) in [6.07, 6.45) is -0.232. The van der Waals surface area contributed by atoms with Gasteiger partial charge in [0, 0.05) is 5.56 Å². The van der Waals surface area contributed by atoms with Crippen molar-refractivity contribution in [2.24, 2.45) is 5.16 Å². The fourth-order valence-corrected chi connectivity index (χ4v) is 3.15. The molecule has 28 heavy (non-hydrogen) atoms. The number of carboxylic acids is 1. The van der Waals surface area contributed by atoms with Crippen LogP contribution in [0, 0.1) is 0 Å². The second kappa shape index (κ2) is 8.34. The van der Waals surface area contributed by atoms with Crippen molar-refractivity contribution in [2.75, 3.05) is 6.54 Å². The first-order valence-electron chi connectivity index (χ1n) is 8.67. The van der Waals surface area contributed by atoms with Crippen LogP contribution in [0.3, 0.4) is 0 Å². The van der Waals surface area contributed by atoms with E-state index in [1.165, 1.54) is 4.90 Å². The summed E-state index contributed by atoms with van der Waals surface area (Å²) in [6.45, 7) is 0.172. The first-order valence-corrected chi connectivity index (χ1v) is 8.67. The minimum absolute atomic E-state index is 0.172. The molecule has 1 saturated heterocycles. The quantitative estimate of drug-likeness (QED) is 0.290. The van der Waals surface area contributed by atoms with Gasteiger partial charge in [-0.3, -0.25) is 14.4 Å². The van der Waals surface area contributed by atoms with Crippen molar-refractivity contribution in [3.05, 3.63) is 71.8 Å². The number of hydrogen-bond donors (Lipinski definition) is 3. The molecule has 0 radical (unpaired) electrons. The molecule has 1 aliphatic rings. The summed E-state index contributed by atoms with van der Waals surface area (Å²) in [7, 11) is 0. The van der Waals surface area contributed by atoms with E-state index in [4.69, 9.17) is 0 Å². The van der Waals surface area contributed by atoms with E-state index in [0.29, 0.717) is 11.1 Å². The third-order valence-corrected chi connectivity index (χ3v) is 4.56. The maximum atomic E-state index is 12.6. The zero-order valence-electron chi connectivity index (χ0n) is 14.9. The molecule has 2 aromatic rings. The third-order valence-electron chi connectivity index (χ3n) is 4.56. The number of likely N-dealkylation sites (tertiary alicyclic amines) is 1. The number of aliphatic carboxylic acids is 1. The Hall–Kier alpha value is -3.68. The molecule has 0 aliphatic carbocycles. The Morgan fingerprint density at radius 2 is 1.71 bits per heavy atom. The molecule has 3 rings (SSSR count). The number of benzene rings is 2. The van der Waals surface area contributed by atoms with E-state index in [2.05, 4.69) is 10.5 Å². The highest BCUT2D eigenvalue weighted by atomic mass is 16.4.